The average molecular weight is 270 g/mol. The lowest BCUT2D eigenvalue weighted by atomic mass is 10.2. The molecule has 2 N–H and O–H groups in total. The molecule has 0 radical (unpaired) electrons. The van der Waals surface area contributed by atoms with Crippen LogP contribution in [0.15, 0.2) is 18.3 Å². The summed E-state index contributed by atoms with van der Waals surface area (Å²) in [5, 5.41) is 12.7. The number of nitrogens with zero attached hydrogens (tertiary/aromatic N) is 1. The van der Waals surface area contributed by atoms with Crippen LogP contribution in [0.5, 0.6) is 0 Å². The molecule has 4 nitrogen and oxygen atoms in total. The third kappa shape index (κ3) is 3.81. The van der Waals surface area contributed by atoms with Gasteiger partial charge in [-0.1, -0.05) is 0 Å². The van der Waals surface area contributed by atoms with Gasteiger partial charge in [0.25, 0.3) is 0 Å². The van der Waals surface area contributed by atoms with E-state index in [0.29, 0.717) is 11.1 Å². The van der Waals surface area contributed by atoms with E-state index >= 15 is 0 Å². The summed E-state index contributed by atoms with van der Waals surface area (Å²) in [6.45, 7) is 0.841. The second kappa shape index (κ2) is 6.16. The van der Waals surface area contributed by atoms with Crippen LogP contribution >= 0.6 is 23.5 Å². The van der Waals surface area contributed by atoms with Crippen LogP contribution in [0, 0.1) is 0 Å². The van der Waals surface area contributed by atoms with E-state index in [9.17, 15) is 4.79 Å². The van der Waals surface area contributed by atoms with Gasteiger partial charge in [0.2, 0.25) is 0 Å². The van der Waals surface area contributed by atoms with Gasteiger partial charge in [-0.3, -0.25) is 0 Å². The zero-order chi connectivity index (χ0) is 12.1. The molecule has 6 heteroatoms. The fraction of sp³-hybridized carbons (Fsp3) is 0.455. The normalized spacial score (nSPS) is 19.9. The highest BCUT2D eigenvalue weighted by molar-refractivity contribution is 8.06. The number of aromatic nitrogens is 1. The van der Waals surface area contributed by atoms with Crippen LogP contribution in [0.25, 0.3) is 0 Å². The highest BCUT2D eigenvalue weighted by Gasteiger charge is 2.14. The zero-order valence-corrected chi connectivity index (χ0v) is 10.9. The Bertz CT molecular complexity index is 395. The van der Waals surface area contributed by atoms with Crippen LogP contribution in [-0.4, -0.2) is 45.1 Å². The molecule has 0 amide bonds. The molecule has 1 aliphatic heterocycles. The number of nitrogens with one attached hydrogen (secondary N) is 1. The summed E-state index contributed by atoms with van der Waals surface area (Å²) < 4.78 is 0. The van der Waals surface area contributed by atoms with Gasteiger partial charge in [0, 0.05) is 35.3 Å². The van der Waals surface area contributed by atoms with Crippen molar-refractivity contribution in [2.75, 3.05) is 29.1 Å². The minimum absolute atomic E-state index is 0.271. The fourth-order valence-corrected chi connectivity index (χ4v) is 4.14. The van der Waals surface area contributed by atoms with Crippen LogP contribution < -0.4 is 5.32 Å². The first-order valence-corrected chi connectivity index (χ1v) is 7.58. The predicted molar refractivity (Wildman–Crippen MR) is 73.3 cm³/mol. The van der Waals surface area contributed by atoms with Crippen LogP contribution in [0.3, 0.4) is 0 Å². The molecular formula is C11H14N2O2S2. The van der Waals surface area contributed by atoms with Crippen LogP contribution in [0.2, 0.25) is 0 Å². The number of rotatable bonds is 4. The lowest BCUT2D eigenvalue weighted by molar-refractivity contribution is 0.0697. The Morgan fingerprint density at radius 1 is 1.59 bits per heavy atom. The second-order valence-electron chi connectivity index (χ2n) is 3.68. The summed E-state index contributed by atoms with van der Waals surface area (Å²) in [4.78, 5) is 14.9. The van der Waals surface area contributed by atoms with E-state index < -0.39 is 5.97 Å². The van der Waals surface area contributed by atoms with E-state index in [4.69, 9.17) is 5.11 Å². The summed E-state index contributed by atoms with van der Waals surface area (Å²) in [7, 11) is 0. The van der Waals surface area contributed by atoms with Gasteiger partial charge >= 0.3 is 5.97 Å². The highest BCUT2D eigenvalue weighted by atomic mass is 32.2. The summed E-state index contributed by atoms with van der Waals surface area (Å²) in [5.41, 5.74) is 0.271. The van der Waals surface area contributed by atoms with Crippen molar-refractivity contribution in [3.05, 3.63) is 23.9 Å². The molecule has 1 saturated heterocycles. The van der Waals surface area contributed by atoms with Crippen molar-refractivity contribution in [1.82, 2.24) is 4.98 Å². The van der Waals surface area contributed by atoms with Gasteiger partial charge in [0.15, 0.2) is 0 Å². The minimum Gasteiger partial charge on any atom is -0.478 e. The van der Waals surface area contributed by atoms with E-state index in [0.717, 1.165) is 12.3 Å². The Hall–Kier alpha value is -0.880. The quantitative estimate of drug-likeness (QED) is 0.873. The average Bonchev–Trinajstić information content (AvgIpc) is 2.38. The topological polar surface area (TPSA) is 62.2 Å². The summed E-state index contributed by atoms with van der Waals surface area (Å²) >= 11 is 3.94. The van der Waals surface area contributed by atoms with E-state index in [-0.39, 0.29) is 5.56 Å². The molecule has 1 atom stereocenters. The molecular weight excluding hydrogens is 256 g/mol. The van der Waals surface area contributed by atoms with Gasteiger partial charge in [0.1, 0.15) is 5.82 Å². The molecule has 0 aliphatic carbocycles. The van der Waals surface area contributed by atoms with Gasteiger partial charge < -0.3 is 10.4 Å². The van der Waals surface area contributed by atoms with Crippen molar-refractivity contribution >= 4 is 35.3 Å². The van der Waals surface area contributed by atoms with Crippen LogP contribution in [-0.2, 0) is 0 Å². The second-order valence-corrected chi connectivity index (χ2v) is 6.24. The van der Waals surface area contributed by atoms with Gasteiger partial charge in [-0.05, 0) is 12.1 Å². The Morgan fingerprint density at radius 2 is 2.47 bits per heavy atom. The Morgan fingerprint density at radius 3 is 3.18 bits per heavy atom. The summed E-state index contributed by atoms with van der Waals surface area (Å²) in [6.07, 6.45) is 1.52. The van der Waals surface area contributed by atoms with Crippen molar-refractivity contribution in [1.29, 1.82) is 0 Å². The predicted octanol–water partition coefficient (Wildman–Crippen LogP) is 2.04. The Balaban J connectivity index is 1.89. The lowest BCUT2D eigenvalue weighted by Crippen LogP contribution is -2.23. The SMILES string of the molecule is O=C(O)c1ccnc(NCC2CSCCS2)c1. The summed E-state index contributed by atoms with van der Waals surface area (Å²) in [6, 6.07) is 3.07. The molecule has 0 bridgehead atoms. The third-order valence-electron chi connectivity index (χ3n) is 2.40. The maximum absolute atomic E-state index is 10.8. The van der Waals surface area contributed by atoms with E-state index in [1.165, 1.54) is 23.8 Å². The van der Waals surface area contributed by atoms with Crippen molar-refractivity contribution in [3.63, 3.8) is 0 Å². The molecule has 2 heterocycles. The van der Waals surface area contributed by atoms with E-state index in [2.05, 4.69) is 10.3 Å². The number of carbonyl (C=O) groups is 1. The largest absolute Gasteiger partial charge is 0.478 e. The molecule has 1 unspecified atom stereocenters. The maximum Gasteiger partial charge on any atom is 0.335 e. The molecule has 2 rings (SSSR count). The monoisotopic (exact) mass is 270 g/mol. The molecule has 1 aromatic heterocycles. The first-order chi connectivity index (χ1) is 8.25. The molecule has 0 spiro atoms. The first-order valence-electron chi connectivity index (χ1n) is 5.38. The number of pyridine rings is 1. The fourth-order valence-electron chi connectivity index (χ4n) is 1.53. The van der Waals surface area contributed by atoms with Crippen molar-refractivity contribution < 1.29 is 9.90 Å². The first kappa shape index (κ1) is 12.6. The number of hydrogen-bond acceptors (Lipinski definition) is 5. The van der Waals surface area contributed by atoms with Crippen molar-refractivity contribution in [2.45, 2.75) is 5.25 Å². The van der Waals surface area contributed by atoms with Crippen LogP contribution in [0.4, 0.5) is 5.82 Å². The van der Waals surface area contributed by atoms with Gasteiger partial charge in [-0.2, -0.15) is 23.5 Å². The highest BCUT2D eigenvalue weighted by Crippen LogP contribution is 2.24. The molecule has 1 aromatic rings. The maximum atomic E-state index is 10.8. The van der Waals surface area contributed by atoms with Crippen LogP contribution in [0.1, 0.15) is 10.4 Å². The summed E-state index contributed by atoms with van der Waals surface area (Å²) in [5.74, 6) is 3.29. The smallest absolute Gasteiger partial charge is 0.335 e. The van der Waals surface area contributed by atoms with Crippen molar-refractivity contribution in [2.24, 2.45) is 0 Å². The van der Waals surface area contributed by atoms with Gasteiger partial charge in [-0.15, -0.1) is 0 Å². The third-order valence-corrected chi connectivity index (χ3v) is 5.25. The minimum atomic E-state index is -0.918. The Labute approximate surface area is 109 Å². The molecule has 0 saturated carbocycles. The lowest BCUT2D eigenvalue weighted by Gasteiger charge is -2.21. The number of aromatic carboxylic acids is 1. The standard InChI is InChI=1S/C11H14N2O2S2/c14-11(15)8-1-2-12-10(5-8)13-6-9-7-16-3-4-17-9/h1-2,5,9H,3-4,6-7H2,(H,12,13)(H,14,15). The van der Waals surface area contributed by atoms with Gasteiger partial charge in [-0.25, -0.2) is 9.78 Å². The van der Waals surface area contributed by atoms with Gasteiger partial charge in [0.05, 0.1) is 5.56 Å². The number of thioether (sulfide) groups is 2. The molecule has 92 valence electrons. The number of carboxylic acids is 1. The molecule has 0 aromatic carbocycles. The Kier molecular flexibility index (Phi) is 4.56. The molecule has 17 heavy (non-hydrogen) atoms. The molecule has 1 aliphatic rings. The number of hydrogen-bond donors (Lipinski definition) is 2. The molecule has 1 fully saturated rings. The van der Waals surface area contributed by atoms with Crippen molar-refractivity contribution in [3.8, 4) is 0 Å². The van der Waals surface area contributed by atoms with E-state index in [1.807, 2.05) is 23.5 Å². The number of anilines is 1. The zero-order valence-electron chi connectivity index (χ0n) is 9.26. The number of carboxylic acid groups (broad SMARTS) is 1. The van der Waals surface area contributed by atoms with E-state index in [1.54, 1.807) is 6.07 Å².